The molecule has 2 aliphatic carbocycles. The molecule has 3 N–H and O–H groups in total. The van der Waals surface area contributed by atoms with E-state index in [1.54, 1.807) is 30.9 Å². The fourth-order valence-corrected chi connectivity index (χ4v) is 4.46. The normalized spacial score (nSPS) is 13.2. The molecule has 200 valence electrons. The maximum atomic E-state index is 12.0. The zero-order valence-corrected chi connectivity index (χ0v) is 22.5. The summed E-state index contributed by atoms with van der Waals surface area (Å²) >= 11 is 5.92. The van der Waals surface area contributed by atoms with Crippen molar-refractivity contribution in [3.05, 3.63) is 131 Å². The van der Waals surface area contributed by atoms with Crippen molar-refractivity contribution in [3.8, 4) is 12.1 Å². The van der Waals surface area contributed by atoms with Crippen LogP contribution in [0.1, 0.15) is 22.3 Å². The number of hydrogen-bond donors (Lipinski definition) is 2. The monoisotopic (exact) mass is 558 g/mol. The standard InChI is InChI=1S/C16H11N3O.C10H5ClN2O.C6H7N/c17-9-14-15(20)8-11-10-18-7-6-13(11)16(14)19-12-4-2-1-3-5-12;11-10-7-1-2-13-5-6(7)3-9(14)8(10)4-12;7-6-4-2-1-3-5-6/h1-7,10,19H,8H2;1-2,5H,3H2;1-5H,7H2. The predicted octanol–water partition coefficient (Wildman–Crippen LogP) is 5.50. The van der Waals surface area contributed by atoms with Gasteiger partial charge in [-0.2, -0.15) is 10.5 Å². The first-order chi connectivity index (χ1) is 19.9. The Bertz CT molecular complexity index is 1740. The molecule has 0 bridgehead atoms. The summed E-state index contributed by atoms with van der Waals surface area (Å²) in [5, 5.41) is 21.4. The smallest absolute Gasteiger partial charge is 0.179 e. The molecule has 4 aromatic rings. The first kappa shape index (κ1) is 28.4. The Kier molecular flexibility index (Phi) is 9.35. The van der Waals surface area contributed by atoms with Crippen LogP contribution in [0.25, 0.3) is 10.7 Å². The molecule has 0 spiro atoms. The highest BCUT2D eigenvalue weighted by Crippen LogP contribution is 2.31. The SMILES string of the molecule is N#CC1=C(Cl)c2ccncc2CC1=O.N#CC1=C(Nc2ccccc2)c2ccncc2CC1=O.Nc1ccccc1. The summed E-state index contributed by atoms with van der Waals surface area (Å²) in [6.45, 7) is 0. The second kappa shape index (κ2) is 13.5. The van der Waals surface area contributed by atoms with Crippen LogP contribution >= 0.6 is 11.6 Å². The Morgan fingerprint density at radius 1 is 0.732 bits per heavy atom. The Labute approximate surface area is 242 Å². The number of nitrogen functional groups attached to an aromatic ring is 1. The van der Waals surface area contributed by atoms with Crippen LogP contribution in [-0.2, 0) is 22.4 Å². The van der Waals surface area contributed by atoms with E-state index in [0.29, 0.717) is 5.70 Å². The lowest BCUT2D eigenvalue weighted by molar-refractivity contribution is -0.115. The number of allylic oxidation sites excluding steroid dienone is 2. The first-order valence-corrected chi connectivity index (χ1v) is 12.8. The summed E-state index contributed by atoms with van der Waals surface area (Å²) in [6, 6.07) is 26.3. The van der Waals surface area contributed by atoms with Crippen molar-refractivity contribution in [3.63, 3.8) is 0 Å². The zero-order valence-electron chi connectivity index (χ0n) is 21.7. The van der Waals surface area contributed by atoms with E-state index in [9.17, 15) is 14.9 Å². The van der Waals surface area contributed by atoms with Crippen molar-refractivity contribution >= 4 is 45.3 Å². The average Bonchev–Trinajstić information content (AvgIpc) is 2.99. The number of Topliss-reactive ketones (excluding diaryl/α,β-unsaturated/α-hetero) is 2. The highest BCUT2D eigenvalue weighted by molar-refractivity contribution is 6.52. The van der Waals surface area contributed by atoms with Crippen LogP contribution < -0.4 is 11.1 Å². The fraction of sp³-hybridized carbons (Fsp3) is 0.0625. The molecule has 6 rings (SSSR count). The molecule has 0 saturated heterocycles. The number of ketones is 2. The summed E-state index contributed by atoms with van der Waals surface area (Å²) in [4.78, 5) is 31.4. The van der Waals surface area contributed by atoms with Crippen LogP contribution in [0.5, 0.6) is 0 Å². The molecule has 0 unspecified atom stereocenters. The van der Waals surface area contributed by atoms with Gasteiger partial charge in [-0.05, 0) is 47.5 Å². The minimum atomic E-state index is -0.238. The lowest BCUT2D eigenvalue weighted by Gasteiger charge is -2.20. The number of pyridine rings is 2. The van der Waals surface area contributed by atoms with Crippen LogP contribution in [0.2, 0.25) is 0 Å². The molecule has 8 nitrogen and oxygen atoms in total. The van der Waals surface area contributed by atoms with Gasteiger partial charge in [-0.15, -0.1) is 0 Å². The number of benzene rings is 2. The van der Waals surface area contributed by atoms with E-state index in [4.69, 9.17) is 22.6 Å². The molecule has 2 aromatic heterocycles. The van der Waals surface area contributed by atoms with Crippen molar-refractivity contribution in [1.29, 1.82) is 10.5 Å². The van der Waals surface area contributed by atoms with Crippen LogP contribution in [0.15, 0.2) is 109 Å². The van der Waals surface area contributed by atoms with E-state index in [2.05, 4.69) is 15.3 Å². The largest absolute Gasteiger partial charge is 0.399 e. The zero-order chi connectivity index (χ0) is 29.2. The van der Waals surface area contributed by atoms with Gasteiger partial charge in [0.15, 0.2) is 11.6 Å². The molecule has 0 aliphatic heterocycles. The van der Waals surface area contributed by atoms with Crippen molar-refractivity contribution in [2.75, 3.05) is 11.1 Å². The molecule has 0 atom stereocenters. The lowest BCUT2D eigenvalue weighted by atomic mass is 9.90. The van der Waals surface area contributed by atoms with Gasteiger partial charge in [0.05, 0.1) is 10.7 Å². The number of para-hydroxylation sites is 2. The molecular weight excluding hydrogens is 536 g/mol. The number of hydrogen-bond acceptors (Lipinski definition) is 8. The molecule has 9 heteroatoms. The van der Waals surface area contributed by atoms with Gasteiger partial charge in [-0.3, -0.25) is 19.6 Å². The van der Waals surface area contributed by atoms with E-state index >= 15 is 0 Å². The van der Waals surface area contributed by atoms with Crippen molar-refractivity contribution in [2.24, 2.45) is 0 Å². The summed E-state index contributed by atoms with van der Waals surface area (Å²) in [6.07, 6.45) is 6.97. The molecular formula is C32H23ClN6O2. The Morgan fingerprint density at radius 3 is 1.78 bits per heavy atom. The van der Waals surface area contributed by atoms with Gasteiger partial charge < -0.3 is 11.1 Å². The molecule has 0 amide bonds. The van der Waals surface area contributed by atoms with Gasteiger partial charge in [-0.1, -0.05) is 48.0 Å². The summed E-state index contributed by atoms with van der Waals surface area (Å²) in [5.41, 5.74) is 11.0. The number of carbonyl (C=O) groups excluding carboxylic acids is 2. The van der Waals surface area contributed by atoms with Crippen molar-refractivity contribution in [2.45, 2.75) is 12.8 Å². The Balaban J connectivity index is 0.000000159. The van der Waals surface area contributed by atoms with Gasteiger partial charge in [0.25, 0.3) is 0 Å². The third-order valence-corrected chi connectivity index (χ3v) is 6.50. The van der Waals surface area contributed by atoms with Gasteiger partial charge in [0.2, 0.25) is 0 Å². The Hall–Kier alpha value is -5.57. The number of aromatic nitrogens is 2. The van der Waals surface area contributed by atoms with E-state index < -0.39 is 0 Å². The maximum absolute atomic E-state index is 12.0. The number of nitrogens with one attached hydrogen (secondary N) is 1. The average molecular weight is 559 g/mol. The summed E-state index contributed by atoms with van der Waals surface area (Å²) < 4.78 is 0. The number of rotatable bonds is 2. The number of nitriles is 2. The minimum absolute atomic E-state index is 0.0466. The number of nitrogens with zero attached hydrogens (tertiary/aromatic N) is 4. The van der Waals surface area contributed by atoms with E-state index in [1.807, 2.05) is 78.9 Å². The number of anilines is 2. The molecule has 2 aromatic carbocycles. The van der Waals surface area contributed by atoms with Gasteiger partial charge in [-0.25, -0.2) is 0 Å². The van der Waals surface area contributed by atoms with Gasteiger partial charge in [0.1, 0.15) is 23.3 Å². The fourth-order valence-electron chi connectivity index (χ4n) is 4.13. The third-order valence-electron chi connectivity index (χ3n) is 6.11. The highest BCUT2D eigenvalue weighted by Gasteiger charge is 2.26. The van der Waals surface area contributed by atoms with E-state index in [0.717, 1.165) is 33.6 Å². The number of carbonyl (C=O) groups is 2. The van der Waals surface area contributed by atoms with Crippen LogP contribution in [0.3, 0.4) is 0 Å². The number of fused-ring (bicyclic) bond motifs is 2. The quantitative estimate of drug-likeness (QED) is 0.306. The van der Waals surface area contributed by atoms with Crippen LogP contribution in [0, 0.1) is 22.7 Å². The molecule has 41 heavy (non-hydrogen) atoms. The molecule has 2 aliphatic rings. The molecule has 0 fully saturated rings. The van der Waals surface area contributed by atoms with Crippen LogP contribution in [0.4, 0.5) is 11.4 Å². The van der Waals surface area contributed by atoms with Crippen molar-refractivity contribution in [1.82, 2.24) is 9.97 Å². The molecule has 0 saturated carbocycles. The van der Waals surface area contributed by atoms with Crippen LogP contribution in [-0.4, -0.2) is 21.5 Å². The second-order valence-electron chi connectivity index (χ2n) is 8.83. The summed E-state index contributed by atoms with van der Waals surface area (Å²) in [5.74, 6) is -0.413. The molecule has 0 radical (unpaired) electrons. The third kappa shape index (κ3) is 6.90. The predicted molar refractivity (Wildman–Crippen MR) is 158 cm³/mol. The van der Waals surface area contributed by atoms with E-state index in [1.165, 1.54) is 0 Å². The summed E-state index contributed by atoms with van der Waals surface area (Å²) in [7, 11) is 0. The minimum Gasteiger partial charge on any atom is -0.399 e. The first-order valence-electron chi connectivity index (χ1n) is 12.4. The topological polar surface area (TPSA) is 146 Å². The molecule has 2 heterocycles. The van der Waals surface area contributed by atoms with Crippen molar-refractivity contribution < 1.29 is 9.59 Å². The lowest BCUT2D eigenvalue weighted by Crippen LogP contribution is -2.19. The highest BCUT2D eigenvalue weighted by atomic mass is 35.5. The number of nitrogens with two attached hydrogens (primary N) is 1. The Morgan fingerprint density at radius 2 is 1.24 bits per heavy atom. The van der Waals surface area contributed by atoms with Gasteiger partial charge >= 0.3 is 0 Å². The van der Waals surface area contributed by atoms with E-state index in [-0.39, 0.29) is 40.6 Å². The second-order valence-corrected chi connectivity index (χ2v) is 9.21. The van der Waals surface area contributed by atoms with Gasteiger partial charge in [0, 0.05) is 60.1 Å². The number of halogens is 1. The maximum Gasteiger partial charge on any atom is 0.179 e.